The van der Waals surface area contributed by atoms with Crippen molar-refractivity contribution in [2.24, 2.45) is 0 Å². The molecule has 0 unspecified atom stereocenters. The molecule has 0 radical (unpaired) electrons. The predicted octanol–water partition coefficient (Wildman–Crippen LogP) is 2.31. The molecule has 2 rings (SSSR count). The van der Waals surface area contributed by atoms with Crippen LogP contribution in [0.5, 0.6) is 11.5 Å². The Morgan fingerprint density at radius 2 is 2.00 bits per heavy atom. The normalized spacial score (nSPS) is 16.3. The minimum Gasteiger partial charge on any atom is -0.497 e. The second-order valence-corrected chi connectivity index (χ2v) is 5.66. The number of hydrogen-bond donors (Lipinski definition) is 1. The van der Waals surface area contributed by atoms with Crippen molar-refractivity contribution in [2.45, 2.75) is 32.2 Å². The van der Waals surface area contributed by atoms with Crippen molar-refractivity contribution in [3.63, 3.8) is 0 Å². The third-order valence-corrected chi connectivity index (χ3v) is 4.12. The van der Waals surface area contributed by atoms with Gasteiger partial charge in [-0.15, -0.1) is 0 Å². The van der Waals surface area contributed by atoms with E-state index >= 15 is 0 Å². The summed E-state index contributed by atoms with van der Waals surface area (Å²) in [6.07, 6.45) is 3.19. The van der Waals surface area contributed by atoms with Crippen LogP contribution in [0.25, 0.3) is 0 Å². The van der Waals surface area contributed by atoms with Gasteiger partial charge in [-0.05, 0) is 37.9 Å². The van der Waals surface area contributed by atoms with Crippen LogP contribution in [0.2, 0.25) is 0 Å². The summed E-state index contributed by atoms with van der Waals surface area (Å²) in [4.78, 5) is 14.9. The van der Waals surface area contributed by atoms with Gasteiger partial charge in [0, 0.05) is 25.2 Å². The quantitative estimate of drug-likeness (QED) is 0.876. The number of carbonyl (C=O) groups is 1. The fraction of sp³-hybridized carbons (Fsp3) is 0.588. The van der Waals surface area contributed by atoms with Gasteiger partial charge in [-0.25, -0.2) is 0 Å². The summed E-state index contributed by atoms with van der Waals surface area (Å²) in [5.41, 5.74) is 0.555. The third-order valence-electron chi connectivity index (χ3n) is 4.12. The van der Waals surface area contributed by atoms with Gasteiger partial charge >= 0.3 is 0 Å². The Kier molecular flexibility index (Phi) is 6.07. The van der Waals surface area contributed by atoms with Gasteiger partial charge in [0.1, 0.15) is 11.5 Å². The Bertz CT molecular complexity index is 497. The molecule has 0 aromatic heterocycles. The fourth-order valence-electron chi connectivity index (χ4n) is 2.87. The summed E-state index contributed by atoms with van der Waals surface area (Å²) in [5, 5.41) is 3.12. The highest BCUT2D eigenvalue weighted by Gasteiger charge is 2.22. The first-order valence-corrected chi connectivity index (χ1v) is 7.93. The number of benzene rings is 1. The third kappa shape index (κ3) is 4.13. The maximum Gasteiger partial charge on any atom is 0.255 e. The van der Waals surface area contributed by atoms with Gasteiger partial charge in [0.2, 0.25) is 0 Å². The summed E-state index contributed by atoms with van der Waals surface area (Å²) in [6.45, 7) is 5.45. The van der Waals surface area contributed by atoms with E-state index < -0.39 is 0 Å². The highest BCUT2D eigenvalue weighted by atomic mass is 16.5. The van der Waals surface area contributed by atoms with Crippen molar-refractivity contribution in [2.75, 3.05) is 33.9 Å². The van der Waals surface area contributed by atoms with E-state index in [2.05, 4.69) is 17.1 Å². The van der Waals surface area contributed by atoms with Crippen molar-refractivity contribution >= 4 is 5.91 Å². The zero-order chi connectivity index (χ0) is 15.9. The molecule has 5 heteroatoms. The van der Waals surface area contributed by atoms with Gasteiger partial charge in [0.25, 0.3) is 5.91 Å². The van der Waals surface area contributed by atoms with Crippen LogP contribution in [0, 0.1) is 0 Å². The van der Waals surface area contributed by atoms with E-state index in [0.717, 1.165) is 32.5 Å². The lowest BCUT2D eigenvalue weighted by Crippen LogP contribution is -2.44. The van der Waals surface area contributed by atoms with Crippen molar-refractivity contribution < 1.29 is 14.3 Å². The molecule has 1 N–H and O–H groups in total. The van der Waals surface area contributed by atoms with E-state index in [9.17, 15) is 4.79 Å². The zero-order valence-corrected chi connectivity index (χ0v) is 13.7. The van der Waals surface area contributed by atoms with E-state index in [1.54, 1.807) is 32.4 Å². The highest BCUT2D eigenvalue weighted by Crippen LogP contribution is 2.25. The number of rotatable bonds is 6. The minimum absolute atomic E-state index is 0.0755. The maximum atomic E-state index is 12.5. The number of nitrogens with zero attached hydrogens (tertiary/aromatic N) is 1. The lowest BCUT2D eigenvalue weighted by Gasteiger charge is -2.32. The van der Waals surface area contributed by atoms with E-state index in [0.29, 0.717) is 17.1 Å². The molecule has 0 spiro atoms. The van der Waals surface area contributed by atoms with Gasteiger partial charge < -0.3 is 19.7 Å². The number of carbonyl (C=O) groups excluding carboxylic acids is 1. The highest BCUT2D eigenvalue weighted by molar-refractivity contribution is 5.97. The molecule has 22 heavy (non-hydrogen) atoms. The Labute approximate surface area is 132 Å². The summed E-state index contributed by atoms with van der Waals surface area (Å²) >= 11 is 0. The molecular weight excluding hydrogens is 280 g/mol. The van der Waals surface area contributed by atoms with Crippen LogP contribution in [0.15, 0.2) is 18.2 Å². The fourth-order valence-corrected chi connectivity index (χ4v) is 2.87. The molecule has 1 aliphatic rings. The summed E-state index contributed by atoms with van der Waals surface area (Å²) in [7, 11) is 3.16. The number of hydrogen-bond acceptors (Lipinski definition) is 4. The molecule has 122 valence electrons. The molecule has 1 aromatic carbocycles. The first kappa shape index (κ1) is 16.6. The van der Waals surface area contributed by atoms with Crippen LogP contribution in [-0.4, -0.2) is 50.7 Å². The van der Waals surface area contributed by atoms with E-state index in [4.69, 9.17) is 9.47 Å². The first-order valence-electron chi connectivity index (χ1n) is 7.93. The van der Waals surface area contributed by atoms with E-state index in [1.165, 1.54) is 6.42 Å². The number of methoxy groups -OCH3 is 2. The standard InChI is InChI=1S/C17H26N2O3/c1-4-9-19-10-7-13(8-11-19)18-17(20)15-6-5-14(21-2)12-16(15)22-3/h5-6,12-13H,4,7-11H2,1-3H3,(H,18,20). The van der Waals surface area contributed by atoms with Crippen LogP contribution >= 0.6 is 0 Å². The van der Waals surface area contributed by atoms with Crippen LogP contribution in [0.1, 0.15) is 36.5 Å². The molecule has 1 aliphatic heterocycles. The monoisotopic (exact) mass is 306 g/mol. The largest absolute Gasteiger partial charge is 0.497 e. The smallest absolute Gasteiger partial charge is 0.255 e. The summed E-state index contributed by atoms with van der Waals surface area (Å²) in [5.74, 6) is 1.15. The molecule has 0 aliphatic carbocycles. The lowest BCUT2D eigenvalue weighted by molar-refractivity contribution is 0.0908. The Balaban J connectivity index is 1.95. The average molecular weight is 306 g/mol. The molecule has 1 amide bonds. The van der Waals surface area contributed by atoms with Crippen LogP contribution in [0.4, 0.5) is 0 Å². The summed E-state index contributed by atoms with van der Waals surface area (Å²) < 4.78 is 10.5. The average Bonchev–Trinajstić information content (AvgIpc) is 2.56. The number of amides is 1. The minimum atomic E-state index is -0.0755. The zero-order valence-electron chi connectivity index (χ0n) is 13.7. The maximum absolute atomic E-state index is 12.5. The molecule has 1 aromatic rings. The van der Waals surface area contributed by atoms with Crippen LogP contribution in [-0.2, 0) is 0 Å². The molecule has 1 heterocycles. The van der Waals surface area contributed by atoms with Crippen molar-refractivity contribution in [3.05, 3.63) is 23.8 Å². The van der Waals surface area contributed by atoms with Crippen LogP contribution < -0.4 is 14.8 Å². The Hall–Kier alpha value is -1.75. The number of nitrogens with one attached hydrogen (secondary N) is 1. The predicted molar refractivity (Wildman–Crippen MR) is 86.8 cm³/mol. The molecule has 1 fully saturated rings. The van der Waals surface area contributed by atoms with Gasteiger partial charge in [-0.2, -0.15) is 0 Å². The number of likely N-dealkylation sites (tertiary alicyclic amines) is 1. The molecular formula is C17H26N2O3. The topological polar surface area (TPSA) is 50.8 Å². The van der Waals surface area contributed by atoms with Crippen molar-refractivity contribution in [1.29, 1.82) is 0 Å². The number of ether oxygens (including phenoxy) is 2. The van der Waals surface area contributed by atoms with Gasteiger partial charge in [-0.1, -0.05) is 6.92 Å². The van der Waals surface area contributed by atoms with Crippen molar-refractivity contribution in [1.82, 2.24) is 10.2 Å². The second-order valence-electron chi connectivity index (χ2n) is 5.66. The van der Waals surface area contributed by atoms with E-state index in [1.807, 2.05) is 0 Å². The Morgan fingerprint density at radius 3 is 2.59 bits per heavy atom. The number of piperidine rings is 1. The lowest BCUT2D eigenvalue weighted by atomic mass is 10.0. The molecule has 5 nitrogen and oxygen atoms in total. The van der Waals surface area contributed by atoms with Gasteiger partial charge in [0.15, 0.2) is 0 Å². The molecule has 0 atom stereocenters. The SMILES string of the molecule is CCCN1CCC(NC(=O)c2ccc(OC)cc2OC)CC1. The van der Waals surface area contributed by atoms with Gasteiger partial charge in [-0.3, -0.25) is 4.79 Å². The van der Waals surface area contributed by atoms with Gasteiger partial charge in [0.05, 0.1) is 19.8 Å². The molecule has 0 bridgehead atoms. The van der Waals surface area contributed by atoms with E-state index in [-0.39, 0.29) is 11.9 Å². The summed E-state index contributed by atoms with van der Waals surface area (Å²) in [6, 6.07) is 5.51. The Morgan fingerprint density at radius 1 is 1.27 bits per heavy atom. The second kappa shape index (κ2) is 8.03. The van der Waals surface area contributed by atoms with Crippen molar-refractivity contribution in [3.8, 4) is 11.5 Å². The molecule has 0 saturated carbocycles. The molecule has 1 saturated heterocycles. The van der Waals surface area contributed by atoms with Crippen LogP contribution in [0.3, 0.4) is 0 Å². The first-order chi connectivity index (χ1) is 10.7.